The number of anilines is 3. The van der Waals surface area contributed by atoms with Gasteiger partial charge in [-0.25, -0.2) is 4.98 Å². The summed E-state index contributed by atoms with van der Waals surface area (Å²) >= 11 is 1.82. The van der Waals surface area contributed by atoms with Crippen LogP contribution >= 0.6 is 11.8 Å². The van der Waals surface area contributed by atoms with Crippen LogP contribution in [0.15, 0.2) is 155 Å². The fourth-order valence-corrected chi connectivity index (χ4v) is 8.62. The van der Waals surface area contributed by atoms with Gasteiger partial charge in [-0.1, -0.05) is 96.7 Å². The summed E-state index contributed by atoms with van der Waals surface area (Å²) in [5.41, 5.74) is 11.2. The number of hydrogen-bond donors (Lipinski definition) is 0. The molecule has 0 atom stereocenters. The number of fused-ring (bicyclic) bond motifs is 9. The molecule has 0 unspecified atom stereocenters. The lowest BCUT2D eigenvalue weighted by Crippen LogP contribution is -2.17. The molecule has 0 saturated carbocycles. The van der Waals surface area contributed by atoms with E-state index in [0.717, 1.165) is 35.9 Å². The van der Waals surface area contributed by atoms with Gasteiger partial charge < -0.3 is 4.57 Å². The van der Waals surface area contributed by atoms with E-state index >= 15 is 0 Å². The second-order valence-electron chi connectivity index (χ2n) is 11.9. The Labute approximate surface area is 271 Å². The van der Waals surface area contributed by atoms with Gasteiger partial charge in [0.1, 0.15) is 11.6 Å². The van der Waals surface area contributed by atoms with Gasteiger partial charge in [-0.05, 0) is 84.6 Å². The summed E-state index contributed by atoms with van der Waals surface area (Å²) in [5.74, 6) is 1.82. The van der Waals surface area contributed by atoms with E-state index in [1.807, 2.05) is 11.8 Å². The van der Waals surface area contributed by atoms with Crippen molar-refractivity contribution in [2.24, 2.45) is 0 Å². The highest BCUT2D eigenvalue weighted by atomic mass is 32.2. The topological polar surface area (TPSA) is 26.0 Å². The lowest BCUT2D eigenvalue weighted by atomic mass is 9.92. The van der Waals surface area contributed by atoms with E-state index < -0.39 is 0 Å². The van der Waals surface area contributed by atoms with E-state index in [0.29, 0.717) is 0 Å². The molecule has 1 aliphatic heterocycles. The third-order valence-electron chi connectivity index (χ3n) is 9.43. The molecule has 0 saturated heterocycles. The Bertz CT molecular complexity index is 2430. The van der Waals surface area contributed by atoms with Crippen molar-refractivity contribution in [3.63, 3.8) is 0 Å². The van der Waals surface area contributed by atoms with E-state index in [1.54, 1.807) is 0 Å². The molecule has 0 spiro atoms. The molecule has 4 nitrogen and oxygen atoms in total. The lowest BCUT2D eigenvalue weighted by Gasteiger charge is -2.32. The van der Waals surface area contributed by atoms with Crippen molar-refractivity contribution < 1.29 is 0 Å². The maximum absolute atomic E-state index is 5.49. The molecule has 0 fully saturated rings. The van der Waals surface area contributed by atoms with Gasteiger partial charge in [0, 0.05) is 26.3 Å². The van der Waals surface area contributed by atoms with Gasteiger partial charge in [0.15, 0.2) is 0 Å². The van der Waals surface area contributed by atoms with E-state index in [1.165, 1.54) is 59.8 Å². The normalized spacial score (nSPS) is 13.3. The van der Waals surface area contributed by atoms with Crippen molar-refractivity contribution >= 4 is 50.8 Å². The molecule has 5 aromatic carbocycles. The predicted molar refractivity (Wildman–Crippen MR) is 190 cm³/mol. The average molecular weight is 609 g/mol. The first-order valence-corrected chi connectivity index (χ1v) is 16.6. The summed E-state index contributed by atoms with van der Waals surface area (Å²) in [4.78, 5) is 10.3. The van der Waals surface area contributed by atoms with Gasteiger partial charge >= 0.3 is 0 Å². The molecular weight excluding hydrogens is 581 g/mol. The predicted octanol–water partition coefficient (Wildman–Crippen LogP) is 10.7. The highest BCUT2D eigenvalue weighted by Gasteiger charge is 2.32. The zero-order valence-corrected chi connectivity index (χ0v) is 25.8. The second-order valence-corrected chi connectivity index (χ2v) is 13.0. The minimum Gasteiger partial charge on any atom is -0.307 e. The van der Waals surface area contributed by atoms with Crippen LogP contribution in [0.25, 0.3) is 44.7 Å². The van der Waals surface area contributed by atoms with Crippen LogP contribution in [0.4, 0.5) is 17.2 Å². The van der Waals surface area contributed by atoms with E-state index in [4.69, 9.17) is 4.98 Å². The molecule has 46 heavy (non-hydrogen) atoms. The van der Waals surface area contributed by atoms with E-state index in [9.17, 15) is 0 Å². The Hall–Kier alpha value is -5.52. The average Bonchev–Trinajstić information content (AvgIpc) is 3.64. The van der Waals surface area contributed by atoms with E-state index in [2.05, 4.69) is 160 Å². The van der Waals surface area contributed by atoms with Crippen molar-refractivity contribution in [1.82, 2.24) is 14.1 Å². The fourth-order valence-electron chi connectivity index (χ4n) is 7.56. The molecule has 0 N–H and O–H groups in total. The van der Waals surface area contributed by atoms with Gasteiger partial charge in [0.05, 0.1) is 33.8 Å². The molecule has 0 bridgehead atoms. The smallest absolute Gasteiger partial charge is 0.140 e. The summed E-state index contributed by atoms with van der Waals surface area (Å²) < 4.78 is 4.89. The quantitative estimate of drug-likeness (QED) is 0.200. The van der Waals surface area contributed by atoms with Gasteiger partial charge in [0.2, 0.25) is 0 Å². The first-order valence-electron chi connectivity index (χ1n) is 15.8. The Morgan fingerprint density at radius 3 is 1.65 bits per heavy atom. The molecule has 218 valence electrons. The fraction of sp³-hybridized carbons (Fsp3) is 0.0488. The van der Waals surface area contributed by atoms with Crippen molar-refractivity contribution in [1.29, 1.82) is 0 Å². The molecular formula is C41H28N4S. The van der Waals surface area contributed by atoms with Crippen LogP contribution in [-0.2, 0) is 12.8 Å². The van der Waals surface area contributed by atoms with Crippen LogP contribution in [0.1, 0.15) is 11.1 Å². The third-order valence-corrected chi connectivity index (χ3v) is 10.6. The van der Waals surface area contributed by atoms with Crippen molar-refractivity contribution in [2.45, 2.75) is 22.6 Å². The van der Waals surface area contributed by atoms with Crippen LogP contribution in [0, 0.1) is 0 Å². The first-order chi connectivity index (χ1) is 22.8. The van der Waals surface area contributed by atoms with Crippen LogP contribution in [0.3, 0.4) is 0 Å². The van der Waals surface area contributed by atoms with Crippen LogP contribution in [0.5, 0.6) is 0 Å². The van der Waals surface area contributed by atoms with E-state index in [-0.39, 0.29) is 0 Å². The summed E-state index contributed by atoms with van der Waals surface area (Å²) in [7, 11) is 0. The first kappa shape index (κ1) is 25.8. The standard InChI is InChI=1S/C41H28N4S/c1-2-13-27(14-3-1)43-32-17-6-4-15-28(32)30-25-26-31-29-16-5-7-18-33(29)45(41(31)40(30)43)39-24-12-23-38(42-39)44-34-19-8-10-21-36(34)46-37-22-11-9-20-35(37)44/h1-24H,25-26H2. The van der Waals surface area contributed by atoms with Crippen molar-refractivity contribution in [3.05, 3.63) is 157 Å². The number of nitrogens with zero attached hydrogens (tertiary/aromatic N) is 4. The number of pyridine rings is 1. The maximum atomic E-state index is 5.49. The van der Waals surface area contributed by atoms with Gasteiger partial charge in [-0.3, -0.25) is 9.47 Å². The number of aryl methyl sites for hydroxylation is 2. The largest absolute Gasteiger partial charge is 0.307 e. The minimum atomic E-state index is 0.906. The van der Waals surface area contributed by atoms with Gasteiger partial charge in [-0.15, -0.1) is 0 Å². The number of rotatable bonds is 3. The summed E-state index contributed by atoms with van der Waals surface area (Å²) in [6, 6.07) is 52.2. The Kier molecular flexibility index (Phi) is 5.60. The number of aromatic nitrogens is 3. The number of benzene rings is 5. The Morgan fingerprint density at radius 1 is 0.457 bits per heavy atom. The highest BCUT2D eigenvalue weighted by molar-refractivity contribution is 7.99. The molecule has 0 amide bonds. The summed E-state index contributed by atoms with van der Waals surface area (Å²) in [6.07, 6.45) is 1.99. The zero-order valence-electron chi connectivity index (χ0n) is 25.0. The second kappa shape index (κ2) is 9.99. The zero-order chi connectivity index (χ0) is 30.2. The monoisotopic (exact) mass is 608 g/mol. The third kappa shape index (κ3) is 3.66. The molecule has 2 aliphatic rings. The van der Waals surface area contributed by atoms with Gasteiger partial charge in [-0.2, -0.15) is 0 Å². The van der Waals surface area contributed by atoms with Crippen LogP contribution in [0.2, 0.25) is 0 Å². The van der Waals surface area contributed by atoms with Crippen molar-refractivity contribution in [2.75, 3.05) is 4.90 Å². The minimum absolute atomic E-state index is 0.906. The molecule has 0 radical (unpaired) electrons. The Balaban J connectivity index is 1.26. The van der Waals surface area contributed by atoms with Crippen LogP contribution in [-0.4, -0.2) is 14.1 Å². The Morgan fingerprint density at radius 2 is 0.978 bits per heavy atom. The number of hydrogen-bond acceptors (Lipinski definition) is 3. The van der Waals surface area contributed by atoms with Gasteiger partial charge in [0.25, 0.3) is 0 Å². The molecule has 10 rings (SSSR count). The highest BCUT2D eigenvalue weighted by Crippen LogP contribution is 2.51. The lowest BCUT2D eigenvalue weighted by molar-refractivity contribution is 0.912. The molecule has 5 heteroatoms. The summed E-state index contributed by atoms with van der Waals surface area (Å²) in [6.45, 7) is 0. The molecule has 8 aromatic rings. The molecule has 3 aromatic heterocycles. The number of para-hydroxylation sites is 5. The van der Waals surface area contributed by atoms with Crippen molar-refractivity contribution in [3.8, 4) is 22.9 Å². The van der Waals surface area contributed by atoms with Crippen LogP contribution < -0.4 is 4.90 Å². The summed E-state index contributed by atoms with van der Waals surface area (Å²) in [5, 5.41) is 2.62. The molecule has 4 heterocycles. The maximum Gasteiger partial charge on any atom is 0.140 e. The SMILES string of the molecule is c1ccc(-n2c3c(c4ccccc42)CCc2c-3n(-c3cccc(N4c5ccccc5Sc5ccccc54)n3)c3ccccc23)cc1. The molecule has 1 aliphatic carbocycles.